The van der Waals surface area contributed by atoms with Crippen molar-refractivity contribution in [1.82, 2.24) is 4.90 Å². The Balaban J connectivity index is 2.05. The number of carbonyl (C=O) groups excluding carboxylic acids is 1. The van der Waals surface area contributed by atoms with E-state index >= 15 is 0 Å². The molecule has 1 N–H and O–H groups in total. The van der Waals surface area contributed by atoms with Crippen LogP contribution in [-0.2, 0) is 4.74 Å². The largest absolute Gasteiger partial charge is 0.478 e. The van der Waals surface area contributed by atoms with E-state index in [1.165, 1.54) is 0 Å². The highest BCUT2D eigenvalue weighted by atomic mass is 19.1. The molecule has 22 heavy (non-hydrogen) atoms. The van der Waals surface area contributed by atoms with Crippen LogP contribution in [0.25, 0.3) is 0 Å². The van der Waals surface area contributed by atoms with Gasteiger partial charge < -0.3 is 14.7 Å². The third kappa shape index (κ3) is 3.86. The lowest BCUT2D eigenvalue weighted by molar-refractivity contribution is -0.0233. The zero-order valence-corrected chi connectivity index (χ0v) is 12.1. The molecule has 0 radical (unpaired) electrons. The van der Waals surface area contributed by atoms with E-state index in [4.69, 9.17) is 9.84 Å². The van der Waals surface area contributed by atoms with Crippen molar-refractivity contribution >= 4 is 11.8 Å². The minimum atomic E-state index is -1.45. The number of aromatic carboxylic acids is 1. The average molecular weight is 313 g/mol. The van der Waals surface area contributed by atoms with Gasteiger partial charge in [0.05, 0.1) is 23.8 Å². The number of carbonyl (C=O) groups is 2. The van der Waals surface area contributed by atoms with Crippen LogP contribution in [0.3, 0.4) is 0 Å². The molecule has 0 spiro atoms. The first-order valence-corrected chi connectivity index (χ1v) is 6.94. The number of benzene rings is 1. The third-order valence-electron chi connectivity index (χ3n) is 3.60. The summed E-state index contributed by atoms with van der Waals surface area (Å²) in [7, 11) is 1.93. The SMILES string of the molecule is CN1CCOC(CCC(=O)c2c(F)cc(C(=O)O)cc2F)C1. The number of ether oxygens (including phenoxy) is 1. The molecular weight excluding hydrogens is 296 g/mol. The van der Waals surface area contributed by atoms with E-state index in [0.29, 0.717) is 31.7 Å². The van der Waals surface area contributed by atoms with Gasteiger partial charge in [0.15, 0.2) is 5.78 Å². The Labute approximate surface area is 126 Å². The van der Waals surface area contributed by atoms with Gasteiger partial charge in [-0.05, 0) is 25.6 Å². The first-order chi connectivity index (χ1) is 10.4. The number of halogens is 2. The van der Waals surface area contributed by atoms with Gasteiger partial charge >= 0.3 is 5.97 Å². The van der Waals surface area contributed by atoms with Gasteiger partial charge in [-0.15, -0.1) is 0 Å². The van der Waals surface area contributed by atoms with Crippen molar-refractivity contribution in [3.8, 4) is 0 Å². The fourth-order valence-corrected chi connectivity index (χ4v) is 2.42. The van der Waals surface area contributed by atoms with E-state index in [0.717, 1.165) is 6.54 Å². The van der Waals surface area contributed by atoms with E-state index < -0.39 is 34.5 Å². The Kier molecular flexibility index (Phi) is 5.20. The lowest BCUT2D eigenvalue weighted by Gasteiger charge is -2.29. The number of carboxylic acid groups (broad SMARTS) is 1. The van der Waals surface area contributed by atoms with Crippen LogP contribution in [0.5, 0.6) is 0 Å². The Morgan fingerprint density at radius 1 is 1.36 bits per heavy atom. The topological polar surface area (TPSA) is 66.8 Å². The molecule has 7 heteroatoms. The standard InChI is InChI=1S/C15H17F2NO4/c1-18-4-5-22-10(8-18)2-3-13(19)14-11(16)6-9(15(20)21)7-12(14)17/h6-7,10H,2-5,8H2,1H3,(H,20,21). The van der Waals surface area contributed by atoms with Crippen LogP contribution in [0.15, 0.2) is 12.1 Å². The maximum atomic E-state index is 13.8. The highest BCUT2D eigenvalue weighted by Crippen LogP contribution is 2.19. The van der Waals surface area contributed by atoms with Gasteiger partial charge in [-0.2, -0.15) is 0 Å². The molecule has 0 amide bonds. The van der Waals surface area contributed by atoms with Gasteiger partial charge in [0, 0.05) is 19.5 Å². The van der Waals surface area contributed by atoms with Crippen molar-refractivity contribution < 1.29 is 28.2 Å². The van der Waals surface area contributed by atoms with Gasteiger partial charge in [0.25, 0.3) is 0 Å². The van der Waals surface area contributed by atoms with Crippen molar-refractivity contribution in [2.45, 2.75) is 18.9 Å². The summed E-state index contributed by atoms with van der Waals surface area (Å²) in [6, 6.07) is 1.31. The van der Waals surface area contributed by atoms with Crippen molar-refractivity contribution in [3.63, 3.8) is 0 Å². The molecule has 1 atom stereocenters. The number of hydrogen-bond donors (Lipinski definition) is 1. The fourth-order valence-electron chi connectivity index (χ4n) is 2.42. The number of Topliss-reactive ketones (excluding diaryl/α,β-unsaturated/α-hetero) is 1. The van der Waals surface area contributed by atoms with Crippen LogP contribution in [0.2, 0.25) is 0 Å². The fraction of sp³-hybridized carbons (Fsp3) is 0.467. The summed E-state index contributed by atoms with van der Waals surface area (Å²) in [5.74, 6) is -4.44. The Hall–Kier alpha value is -1.86. The van der Waals surface area contributed by atoms with Crippen LogP contribution < -0.4 is 0 Å². The molecule has 1 aliphatic rings. The molecule has 1 aliphatic heterocycles. The number of ketones is 1. The maximum Gasteiger partial charge on any atom is 0.335 e. The summed E-state index contributed by atoms with van der Waals surface area (Å²) in [6.07, 6.45) is 0.161. The van der Waals surface area contributed by atoms with Crippen molar-refractivity contribution in [3.05, 3.63) is 34.9 Å². The summed E-state index contributed by atoms with van der Waals surface area (Å²) < 4.78 is 33.1. The second-order valence-corrected chi connectivity index (χ2v) is 5.34. The molecule has 0 bridgehead atoms. The summed E-state index contributed by atoms with van der Waals surface area (Å²) in [5.41, 5.74) is -1.21. The van der Waals surface area contributed by atoms with E-state index in [1.54, 1.807) is 0 Å². The Bertz CT molecular complexity index is 568. The minimum absolute atomic E-state index is 0.0568. The molecule has 1 unspecified atom stereocenters. The van der Waals surface area contributed by atoms with Crippen LogP contribution in [-0.4, -0.2) is 54.6 Å². The van der Waals surface area contributed by atoms with Gasteiger partial charge in [0.1, 0.15) is 11.6 Å². The van der Waals surface area contributed by atoms with Crippen LogP contribution in [0.1, 0.15) is 33.6 Å². The quantitative estimate of drug-likeness (QED) is 0.842. The number of morpholine rings is 1. The van der Waals surface area contributed by atoms with Crippen LogP contribution in [0, 0.1) is 11.6 Å². The second-order valence-electron chi connectivity index (χ2n) is 5.34. The van der Waals surface area contributed by atoms with E-state index in [2.05, 4.69) is 4.90 Å². The predicted molar refractivity (Wildman–Crippen MR) is 74.1 cm³/mol. The van der Waals surface area contributed by atoms with E-state index in [-0.39, 0.29) is 12.5 Å². The monoisotopic (exact) mass is 313 g/mol. The molecule has 0 saturated carbocycles. The van der Waals surface area contributed by atoms with Crippen LogP contribution >= 0.6 is 0 Å². The van der Waals surface area contributed by atoms with E-state index in [1.807, 2.05) is 7.05 Å². The number of carboxylic acids is 1. The molecule has 1 aromatic carbocycles. The van der Waals surface area contributed by atoms with Gasteiger partial charge in [-0.1, -0.05) is 0 Å². The highest BCUT2D eigenvalue weighted by Gasteiger charge is 2.23. The zero-order valence-electron chi connectivity index (χ0n) is 12.1. The van der Waals surface area contributed by atoms with Crippen molar-refractivity contribution in [2.24, 2.45) is 0 Å². The summed E-state index contributed by atoms with van der Waals surface area (Å²) in [6.45, 7) is 2.03. The van der Waals surface area contributed by atoms with Gasteiger partial charge in [-0.25, -0.2) is 13.6 Å². The zero-order chi connectivity index (χ0) is 16.3. The minimum Gasteiger partial charge on any atom is -0.478 e. The molecule has 0 aliphatic carbocycles. The molecule has 2 rings (SSSR count). The summed E-state index contributed by atoms with van der Waals surface area (Å²) in [4.78, 5) is 24.8. The number of likely N-dealkylation sites (N-methyl/N-ethyl adjacent to an activating group) is 1. The molecule has 1 aromatic rings. The van der Waals surface area contributed by atoms with Gasteiger partial charge in [0.2, 0.25) is 0 Å². The average Bonchev–Trinajstić information content (AvgIpc) is 2.44. The second kappa shape index (κ2) is 6.93. The molecule has 120 valence electrons. The molecular formula is C15H17F2NO4. The third-order valence-corrected chi connectivity index (χ3v) is 3.60. The van der Waals surface area contributed by atoms with Crippen molar-refractivity contribution in [2.75, 3.05) is 26.7 Å². The number of hydrogen-bond acceptors (Lipinski definition) is 4. The number of rotatable bonds is 5. The van der Waals surface area contributed by atoms with Crippen LogP contribution in [0.4, 0.5) is 8.78 Å². The highest BCUT2D eigenvalue weighted by molar-refractivity contribution is 5.98. The molecule has 1 heterocycles. The lowest BCUT2D eigenvalue weighted by atomic mass is 10.0. The van der Waals surface area contributed by atoms with Crippen molar-refractivity contribution in [1.29, 1.82) is 0 Å². The summed E-state index contributed by atoms with van der Waals surface area (Å²) >= 11 is 0. The maximum absolute atomic E-state index is 13.8. The smallest absolute Gasteiger partial charge is 0.335 e. The predicted octanol–water partition coefficient (Wildman–Crippen LogP) is 1.96. The first-order valence-electron chi connectivity index (χ1n) is 6.94. The lowest BCUT2D eigenvalue weighted by Crippen LogP contribution is -2.40. The molecule has 0 aromatic heterocycles. The molecule has 1 fully saturated rings. The van der Waals surface area contributed by atoms with Gasteiger partial charge in [-0.3, -0.25) is 4.79 Å². The summed E-state index contributed by atoms with van der Waals surface area (Å²) in [5, 5.41) is 8.72. The molecule has 1 saturated heterocycles. The molecule has 5 nitrogen and oxygen atoms in total. The Morgan fingerprint density at radius 3 is 2.55 bits per heavy atom. The van der Waals surface area contributed by atoms with E-state index in [9.17, 15) is 18.4 Å². The first kappa shape index (κ1) is 16.5. The number of nitrogens with zero attached hydrogens (tertiary/aromatic N) is 1. The normalized spacial score (nSPS) is 19.1. The Morgan fingerprint density at radius 2 is 2.00 bits per heavy atom.